The van der Waals surface area contributed by atoms with Crippen LogP contribution in [0.25, 0.3) is 11.0 Å². The van der Waals surface area contributed by atoms with Gasteiger partial charge in [0.2, 0.25) is 0 Å². The van der Waals surface area contributed by atoms with Crippen LogP contribution in [0.4, 0.5) is 0 Å². The van der Waals surface area contributed by atoms with Crippen LogP contribution in [-0.2, 0) is 12.8 Å². The molecule has 0 atom stereocenters. The quantitative estimate of drug-likeness (QED) is 0.625. The molecule has 0 saturated carbocycles. The van der Waals surface area contributed by atoms with Crippen LogP contribution in [0.3, 0.4) is 0 Å². The lowest BCUT2D eigenvalue weighted by atomic mass is 9.90. The monoisotopic (exact) mass is 298 g/mol. The molecule has 1 aliphatic rings. The van der Waals surface area contributed by atoms with E-state index in [2.05, 4.69) is 19.9 Å². The van der Waals surface area contributed by atoms with E-state index in [9.17, 15) is 4.79 Å². The third-order valence-corrected chi connectivity index (χ3v) is 4.25. The fourth-order valence-electron chi connectivity index (χ4n) is 3.02. The summed E-state index contributed by atoms with van der Waals surface area (Å²) in [5.41, 5.74) is 4.76. The molecule has 1 aromatic heterocycles. The summed E-state index contributed by atoms with van der Waals surface area (Å²) in [5, 5.41) is 1.03. The largest absolute Gasteiger partial charge is 0.489 e. The minimum atomic E-state index is -0.167. The molecule has 3 nitrogen and oxygen atoms in total. The highest BCUT2D eigenvalue weighted by molar-refractivity contribution is 5.84. The summed E-state index contributed by atoms with van der Waals surface area (Å²) in [5.74, 6) is 0.867. The van der Waals surface area contributed by atoms with Crippen molar-refractivity contribution in [2.45, 2.75) is 46.5 Å². The van der Waals surface area contributed by atoms with Gasteiger partial charge in [-0.2, -0.15) is 0 Å². The first-order valence-electron chi connectivity index (χ1n) is 7.91. The number of hydrogen-bond donors (Lipinski definition) is 0. The molecule has 0 fully saturated rings. The van der Waals surface area contributed by atoms with Crippen molar-refractivity contribution in [3.05, 3.63) is 50.9 Å². The molecule has 0 unspecified atom stereocenters. The number of hydrogen-bond acceptors (Lipinski definition) is 3. The Morgan fingerprint density at radius 3 is 2.68 bits per heavy atom. The molecule has 0 bridgehead atoms. The molecule has 3 heteroatoms. The van der Waals surface area contributed by atoms with Crippen molar-refractivity contribution in [2.24, 2.45) is 0 Å². The normalized spacial score (nSPS) is 13.8. The topological polar surface area (TPSA) is 39.4 Å². The second-order valence-electron chi connectivity index (χ2n) is 6.26. The molecule has 1 aliphatic carbocycles. The molecule has 0 N–H and O–H groups in total. The van der Waals surface area contributed by atoms with Crippen LogP contribution in [0.5, 0.6) is 5.75 Å². The molecule has 0 saturated heterocycles. The van der Waals surface area contributed by atoms with Crippen molar-refractivity contribution in [1.82, 2.24) is 0 Å². The molecule has 0 aliphatic heterocycles. The van der Waals surface area contributed by atoms with Gasteiger partial charge in [0.25, 0.3) is 0 Å². The number of aryl methyl sites for hydroxylation is 2. The smallest absolute Gasteiger partial charge is 0.339 e. The summed E-state index contributed by atoms with van der Waals surface area (Å²) < 4.78 is 11.4. The molecule has 116 valence electrons. The lowest BCUT2D eigenvalue weighted by molar-refractivity contribution is 0.359. The van der Waals surface area contributed by atoms with E-state index in [0.29, 0.717) is 12.2 Å². The van der Waals surface area contributed by atoms with E-state index in [4.69, 9.17) is 9.15 Å². The Kier molecular flexibility index (Phi) is 4.06. The van der Waals surface area contributed by atoms with Gasteiger partial charge in [-0.15, -0.1) is 0 Å². The Morgan fingerprint density at radius 1 is 1.23 bits per heavy atom. The summed E-state index contributed by atoms with van der Waals surface area (Å²) in [6.07, 6.45) is 6.04. The highest BCUT2D eigenvalue weighted by atomic mass is 16.5. The second kappa shape index (κ2) is 5.99. The van der Waals surface area contributed by atoms with Crippen molar-refractivity contribution in [1.29, 1.82) is 0 Å². The molecule has 1 heterocycles. The molecule has 1 aromatic carbocycles. The maximum Gasteiger partial charge on any atom is 0.339 e. The average molecular weight is 298 g/mol. The Labute approximate surface area is 130 Å². The van der Waals surface area contributed by atoms with Gasteiger partial charge in [0.1, 0.15) is 17.9 Å². The van der Waals surface area contributed by atoms with Gasteiger partial charge in [0.15, 0.2) is 0 Å². The summed E-state index contributed by atoms with van der Waals surface area (Å²) >= 11 is 0. The number of allylic oxidation sites excluding steroid dienone is 1. The molecular formula is C19H22O3. The Bertz CT molecular complexity index is 792. The number of benzene rings is 1. The van der Waals surface area contributed by atoms with Crippen LogP contribution in [0, 0.1) is 6.92 Å². The molecule has 0 amide bonds. The summed E-state index contributed by atoms with van der Waals surface area (Å²) in [7, 11) is 0. The fourth-order valence-corrected chi connectivity index (χ4v) is 3.02. The zero-order valence-corrected chi connectivity index (χ0v) is 13.5. The molecule has 0 spiro atoms. The van der Waals surface area contributed by atoms with Crippen LogP contribution in [0.2, 0.25) is 0 Å². The van der Waals surface area contributed by atoms with E-state index in [1.807, 2.05) is 19.1 Å². The van der Waals surface area contributed by atoms with E-state index < -0.39 is 0 Å². The summed E-state index contributed by atoms with van der Waals surface area (Å²) in [4.78, 5) is 12.1. The van der Waals surface area contributed by atoms with Gasteiger partial charge in [-0.25, -0.2) is 4.79 Å². The first-order chi connectivity index (χ1) is 10.6. The van der Waals surface area contributed by atoms with Crippen LogP contribution >= 0.6 is 0 Å². The second-order valence-corrected chi connectivity index (χ2v) is 6.26. The molecule has 2 aromatic rings. The van der Waals surface area contributed by atoms with Crippen LogP contribution in [0.1, 0.15) is 43.4 Å². The predicted octanol–water partition coefficient (Wildman–Crippen LogP) is 4.33. The van der Waals surface area contributed by atoms with E-state index in [0.717, 1.165) is 53.5 Å². The molecular weight excluding hydrogens is 276 g/mol. The number of rotatable bonds is 3. The SMILES string of the molecule is CC(C)=CCOc1cc2c3c(c(=O)oc2cc1C)CCCC3. The van der Waals surface area contributed by atoms with E-state index >= 15 is 0 Å². The maximum absolute atomic E-state index is 12.1. The number of ether oxygens (including phenoxy) is 1. The van der Waals surface area contributed by atoms with E-state index in [-0.39, 0.29) is 5.63 Å². The summed E-state index contributed by atoms with van der Waals surface area (Å²) in [6, 6.07) is 3.96. The van der Waals surface area contributed by atoms with E-state index in [1.165, 1.54) is 5.57 Å². The highest BCUT2D eigenvalue weighted by Gasteiger charge is 2.19. The van der Waals surface area contributed by atoms with Crippen LogP contribution in [0.15, 0.2) is 33.0 Å². The van der Waals surface area contributed by atoms with Crippen molar-refractivity contribution in [3.63, 3.8) is 0 Å². The molecule has 0 radical (unpaired) electrons. The third-order valence-electron chi connectivity index (χ3n) is 4.25. The zero-order chi connectivity index (χ0) is 15.7. The standard InChI is InChI=1S/C19H22O3/c1-12(2)8-9-21-17-11-16-14-6-4-5-7-15(14)19(20)22-18(16)10-13(17)3/h8,10-11H,4-7,9H2,1-3H3. The maximum atomic E-state index is 12.1. The average Bonchev–Trinajstić information content (AvgIpc) is 2.48. The highest BCUT2D eigenvalue weighted by Crippen LogP contribution is 2.31. The Morgan fingerprint density at radius 2 is 1.95 bits per heavy atom. The minimum absolute atomic E-state index is 0.167. The van der Waals surface area contributed by atoms with Gasteiger partial charge >= 0.3 is 5.63 Å². The first-order valence-corrected chi connectivity index (χ1v) is 7.91. The van der Waals surface area contributed by atoms with Crippen molar-refractivity contribution < 1.29 is 9.15 Å². The lowest BCUT2D eigenvalue weighted by Crippen LogP contribution is -2.15. The van der Waals surface area contributed by atoms with Crippen molar-refractivity contribution in [2.75, 3.05) is 6.61 Å². The van der Waals surface area contributed by atoms with Gasteiger partial charge < -0.3 is 9.15 Å². The van der Waals surface area contributed by atoms with Gasteiger partial charge in [-0.3, -0.25) is 0 Å². The lowest BCUT2D eigenvalue weighted by Gasteiger charge is -2.17. The minimum Gasteiger partial charge on any atom is -0.489 e. The van der Waals surface area contributed by atoms with Gasteiger partial charge in [0.05, 0.1) is 0 Å². The van der Waals surface area contributed by atoms with Gasteiger partial charge in [0, 0.05) is 10.9 Å². The number of fused-ring (bicyclic) bond motifs is 3. The van der Waals surface area contributed by atoms with E-state index in [1.54, 1.807) is 0 Å². The van der Waals surface area contributed by atoms with Crippen LogP contribution < -0.4 is 10.4 Å². The Hall–Kier alpha value is -2.03. The Balaban J connectivity index is 2.09. The fraction of sp³-hybridized carbons (Fsp3) is 0.421. The third kappa shape index (κ3) is 2.80. The molecule has 3 rings (SSSR count). The first kappa shape index (κ1) is 14.9. The van der Waals surface area contributed by atoms with Gasteiger partial charge in [-0.05, 0) is 75.8 Å². The molecule has 22 heavy (non-hydrogen) atoms. The van der Waals surface area contributed by atoms with Crippen molar-refractivity contribution in [3.8, 4) is 5.75 Å². The zero-order valence-electron chi connectivity index (χ0n) is 13.5. The van der Waals surface area contributed by atoms with Crippen LogP contribution in [-0.4, -0.2) is 6.61 Å². The van der Waals surface area contributed by atoms with Crippen molar-refractivity contribution >= 4 is 11.0 Å². The van der Waals surface area contributed by atoms with Gasteiger partial charge in [-0.1, -0.05) is 5.57 Å². The summed E-state index contributed by atoms with van der Waals surface area (Å²) in [6.45, 7) is 6.66. The predicted molar refractivity (Wildman–Crippen MR) is 88.8 cm³/mol.